The molecule has 22 heteroatoms. The van der Waals surface area contributed by atoms with Gasteiger partial charge in [0.25, 0.3) is 0 Å². The molecule has 22 nitrogen and oxygen atoms in total. The first-order valence-electron chi connectivity index (χ1n) is 23.9. The number of aliphatic carboxylic acids is 2. The molecule has 0 spiro atoms. The largest absolute Gasteiger partial charge is 0.481 e. The second-order valence-corrected chi connectivity index (χ2v) is 20.0. The highest BCUT2D eigenvalue weighted by molar-refractivity contribution is 5.98. The van der Waals surface area contributed by atoms with Gasteiger partial charge >= 0.3 is 11.9 Å². The van der Waals surface area contributed by atoms with Crippen molar-refractivity contribution in [3.63, 3.8) is 0 Å². The SMILES string of the molecule is CC(C)C[C@H](NC(=O)[C@H](CCC(=O)O)NC(=O)[C@@H]1CCCN1C(=O)[C@@H](NC(=O)[C@@H]1CCCN1C(=O)[C@H](CO)NC(=O)[C@H](CC(C)C)NC(=O)[C@H](CC(C)C)NC(=O)[C@@H](N)C(C)C)C(C)C)C(=O)O. The van der Waals surface area contributed by atoms with E-state index in [-0.39, 0.29) is 75.3 Å². The van der Waals surface area contributed by atoms with Crippen molar-refractivity contribution < 1.29 is 63.3 Å². The van der Waals surface area contributed by atoms with E-state index < -0.39 is 133 Å². The number of carbonyl (C=O) groups excluding carboxylic acids is 8. The summed E-state index contributed by atoms with van der Waals surface area (Å²) in [5.74, 6) is -9.18. The molecule has 0 bridgehead atoms. The van der Waals surface area contributed by atoms with E-state index in [0.717, 1.165) is 0 Å². The second-order valence-electron chi connectivity index (χ2n) is 20.0. The first-order valence-corrected chi connectivity index (χ1v) is 23.9. The molecule has 2 heterocycles. The Labute approximate surface area is 399 Å². The third-order valence-electron chi connectivity index (χ3n) is 12.0. The molecule has 2 saturated heterocycles. The number of aliphatic hydroxyl groups excluding tert-OH is 1. The molecule has 2 aliphatic rings. The number of hydrogen-bond donors (Lipinski definition) is 10. The lowest BCUT2D eigenvalue weighted by atomic mass is 9.98. The molecule has 9 atom stereocenters. The normalized spacial score (nSPS) is 19.2. The summed E-state index contributed by atoms with van der Waals surface area (Å²) in [5, 5.41) is 45.0. The van der Waals surface area contributed by atoms with Crippen molar-refractivity contribution >= 4 is 59.2 Å². The molecule has 0 radical (unpaired) electrons. The highest BCUT2D eigenvalue weighted by Gasteiger charge is 2.43. The van der Waals surface area contributed by atoms with Gasteiger partial charge in [-0.3, -0.25) is 43.2 Å². The fraction of sp³-hybridized carbons (Fsp3) is 0.783. The molecule has 0 saturated carbocycles. The number of nitrogens with zero attached hydrogens (tertiary/aromatic N) is 2. The number of nitrogens with two attached hydrogens (primary N) is 1. The average Bonchev–Trinajstić information content (AvgIpc) is 3.95. The number of carbonyl (C=O) groups is 10. The highest BCUT2D eigenvalue weighted by atomic mass is 16.4. The zero-order valence-corrected chi connectivity index (χ0v) is 41.5. The van der Waals surface area contributed by atoms with Crippen LogP contribution in [0.15, 0.2) is 0 Å². The maximum Gasteiger partial charge on any atom is 0.326 e. The molecule has 11 N–H and O–H groups in total. The minimum atomic E-state index is -1.52. The molecule has 8 amide bonds. The summed E-state index contributed by atoms with van der Waals surface area (Å²) in [7, 11) is 0. The predicted octanol–water partition coefficient (Wildman–Crippen LogP) is -0.403. The van der Waals surface area contributed by atoms with Crippen LogP contribution < -0.4 is 37.6 Å². The third kappa shape index (κ3) is 17.9. The molecule has 2 rings (SSSR count). The summed E-state index contributed by atoms with van der Waals surface area (Å²) in [6.45, 7) is 17.2. The van der Waals surface area contributed by atoms with Gasteiger partial charge in [0.1, 0.15) is 48.3 Å². The molecule has 0 aromatic heterocycles. The smallest absolute Gasteiger partial charge is 0.326 e. The summed E-state index contributed by atoms with van der Waals surface area (Å²) in [6, 6.07) is -10.7. The van der Waals surface area contributed by atoms with Gasteiger partial charge in [-0.1, -0.05) is 69.2 Å². The van der Waals surface area contributed by atoms with Gasteiger partial charge in [0.2, 0.25) is 47.3 Å². The lowest BCUT2D eigenvalue weighted by Gasteiger charge is -2.33. The Bertz CT molecular complexity index is 1790. The summed E-state index contributed by atoms with van der Waals surface area (Å²) in [4.78, 5) is 135. The Hall–Kier alpha value is -5.38. The second kappa shape index (κ2) is 27.6. The quantitative estimate of drug-likeness (QED) is 0.0501. The highest BCUT2D eigenvalue weighted by Crippen LogP contribution is 2.24. The van der Waals surface area contributed by atoms with Crippen molar-refractivity contribution in [3.8, 4) is 0 Å². The van der Waals surface area contributed by atoms with Gasteiger partial charge in [-0.05, 0) is 81.0 Å². The van der Waals surface area contributed by atoms with Crippen LogP contribution in [0.4, 0.5) is 0 Å². The van der Waals surface area contributed by atoms with Crippen LogP contribution in [-0.2, 0) is 47.9 Å². The van der Waals surface area contributed by atoms with E-state index in [4.69, 9.17) is 5.73 Å². The molecule has 0 aliphatic carbocycles. The van der Waals surface area contributed by atoms with Gasteiger partial charge in [0.05, 0.1) is 12.6 Å². The zero-order chi connectivity index (χ0) is 51.7. The monoisotopic (exact) mass is 966 g/mol. The minimum absolute atomic E-state index is 0.0206. The molecule has 0 aromatic carbocycles. The van der Waals surface area contributed by atoms with Crippen LogP contribution in [0.2, 0.25) is 0 Å². The van der Waals surface area contributed by atoms with Gasteiger partial charge in [-0.25, -0.2) is 4.79 Å². The Kier molecular flexibility index (Phi) is 23.8. The first kappa shape index (κ1) is 58.7. The maximum atomic E-state index is 14.2. The first-order chi connectivity index (χ1) is 31.7. The summed E-state index contributed by atoms with van der Waals surface area (Å²) < 4.78 is 0. The van der Waals surface area contributed by atoms with Crippen LogP contribution in [0.1, 0.15) is 127 Å². The number of likely N-dealkylation sites (tertiary alicyclic amines) is 2. The summed E-state index contributed by atoms with van der Waals surface area (Å²) in [5.41, 5.74) is 6.03. The van der Waals surface area contributed by atoms with Crippen LogP contribution in [0.25, 0.3) is 0 Å². The molecular weight excluding hydrogens is 887 g/mol. The van der Waals surface area contributed by atoms with Gasteiger partial charge in [0, 0.05) is 19.5 Å². The lowest BCUT2D eigenvalue weighted by molar-refractivity contribution is -0.146. The number of nitrogens with one attached hydrogen (secondary N) is 6. The molecule has 2 aliphatic heterocycles. The van der Waals surface area contributed by atoms with Gasteiger partial charge < -0.3 is 62.8 Å². The van der Waals surface area contributed by atoms with Crippen molar-refractivity contribution in [2.75, 3.05) is 19.7 Å². The van der Waals surface area contributed by atoms with Crippen molar-refractivity contribution in [1.82, 2.24) is 41.7 Å². The van der Waals surface area contributed by atoms with Crippen LogP contribution in [0.3, 0.4) is 0 Å². The standard InChI is InChI=1S/C46H79N9O13/c1-23(2)19-29(49-39(60)30(20-24(3)4)50-43(64)36(47)26(7)8)40(61)52-32(22-56)44(65)54-17-11-14-34(54)42(63)53-37(27(9)10)45(66)55-18-12-13-33(55)41(62)48-28(15-16-35(57)58)38(59)51-31(46(67)68)21-25(5)6/h23-34,36-37,56H,11-22,47H2,1-10H3,(H,48,62)(H,49,60)(H,50,64)(H,51,59)(H,52,61)(H,53,63)(H,57,58)(H,67,68)/t28-,29-,30-,31-,32-,33-,34-,36-,37-/m0/s1. The lowest BCUT2D eigenvalue weighted by Crippen LogP contribution is -2.61. The van der Waals surface area contributed by atoms with E-state index in [1.54, 1.807) is 41.5 Å². The number of carboxylic acids is 2. The van der Waals surface area contributed by atoms with E-state index in [0.29, 0.717) is 12.8 Å². The van der Waals surface area contributed by atoms with E-state index in [1.807, 2.05) is 27.7 Å². The minimum Gasteiger partial charge on any atom is -0.481 e. The number of rotatable bonds is 27. The Morgan fingerprint density at radius 3 is 1.37 bits per heavy atom. The Morgan fingerprint density at radius 1 is 0.529 bits per heavy atom. The van der Waals surface area contributed by atoms with Crippen molar-refractivity contribution in [2.24, 2.45) is 35.3 Å². The maximum absolute atomic E-state index is 14.2. The van der Waals surface area contributed by atoms with Crippen molar-refractivity contribution in [2.45, 2.75) is 181 Å². The molecular formula is C46H79N9O13. The van der Waals surface area contributed by atoms with Gasteiger partial charge in [-0.15, -0.1) is 0 Å². The van der Waals surface area contributed by atoms with Crippen LogP contribution in [0, 0.1) is 29.6 Å². The molecule has 2 fully saturated rings. The number of aliphatic hydroxyl groups is 1. The number of carboxylic acid groups (broad SMARTS) is 2. The Balaban J connectivity index is 2.25. The van der Waals surface area contributed by atoms with Crippen LogP contribution in [-0.4, -0.2) is 158 Å². The van der Waals surface area contributed by atoms with Gasteiger partial charge in [-0.2, -0.15) is 0 Å². The van der Waals surface area contributed by atoms with E-state index in [1.165, 1.54) is 9.80 Å². The van der Waals surface area contributed by atoms with Crippen LogP contribution in [0.5, 0.6) is 0 Å². The summed E-state index contributed by atoms with van der Waals surface area (Å²) in [6.07, 6.45) is 0.722. The van der Waals surface area contributed by atoms with Crippen molar-refractivity contribution in [3.05, 3.63) is 0 Å². The van der Waals surface area contributed by atoms with Crippen molar-refractivity contribution in [1.29, 1.82) is 0 Å². The molecule has 0 aromatic rings. The zero-order valence-electron chi connectivity index (χ0n) is 41.5. The predicted molar refractivity (Wildman–Crippen MR) is 249 cm³/mol. The summed E-state index contributed by atoms with van der Waals surface area (Å²) >= 11 is 0. The molecule has 68 heavy (non-hydrogen) atoms. The fourth-order valence-electron chi connectivity index (χ4n) is 8.22. The van der Waals surface area contributed by atoms with Gasteiger partial charge in [0.15, 0.2) is 0 Å². The number of amides is 8. The van der Waals surface area contributed by atoms with E-state index in [9.17, 15) is 63.3 Å². The van der Waals surface area contributed by atoms with E-state index in [2.05, 4.69) is 31.9 Å². The number of hydrogen-bond acceptors (Lipinski definition) is 12. The average molecular weight is 966 g/mol. The van der Waals surface area contributed by atoms with Crippen LogP contribution >= 0.6 is 0 Å². The molecule has 386 valence electrons. The Morgan fingerprint density at radius 2 is 0.941 bits per heavy atom. The molecule has 0 unspecified atom stereocenters. The third-order valence-corrected chi connectivity index (χ3v) is 12.0. The topological polar surface area (TPSA) is 336 Å². The fourth-order valence-corrected chi connectivity index (χ4v) is 8.22. The van der Waals surface area contributed by atoms with E-state index >= 15 is 0 Å².